The van der Waals surface area contributed by atoms with Crippen LogP contribution in [0.2, 0.25) is 0 Å². The third-order valence-electron chi connectivity index (χ3n) is 4.01. The van der Waals surface area contributed by atoms with Crippen molar-refractivity contribution in [1.29, 1.82) is 0 Å². The first kappa shape index (κ1) is 21.6. The van der Waals surface area contributed by atoms with Crippen molar-refractivity contribution in [3.05, 3.63) is 58.0 Å². The first-order valence-corrected chi connectivity index (χ1v) is 12.0. The highest BCUT2D eigenvalue weighted by Crippen LogP contribution is 2.26. The summed E-state index contributed by atoms with van der Waals surface area (Å²) in [5, 5.41) is 6.53. The van der Waals surface area contributed by atoms with Gasteiger partial charge in [0.1, 0.15) is 28.4 Å². The zero-order valence-electron chi connectivity index (χ0n) is 15.7. The molecule has 3 aromatic rings. The lowest BCUT2D eigenvalue weighted by Crippen LogP contribution is -2.45. The lowest BCUT2D eigenvalue weighted by molar-refractivity contribution is -0.148. The standard InChI is InChI=1S/C19H19FN2O4S3/c1-12(2)17(22-29(24,25)16-6-4-3-5-15(16)20)19(23)26-9-14-11-28-18(21-14)13-7-8-27-10-13/h3-8,10-12,17,22H,9H2,1-2H3/t17-/m0/s1. The molecule has 29 heavy (non-hydrogen) atoms. The van der Waals surface area contributed by atoms with E-state index in [9.17, 15) is 17.6 Å². The quantitative estimate of drug-likeness (QED) is 0.519. The van der Waals surface area contributed by atoms with Crippen LogP contribution < -0.4 is 4.72 Å². The number of nitrogens with zero attached hydrogens (tertiary/aromatic N) is 1. The molecular weight excluding hydrogens is 435 g/mol. The highest BCUT2D eigenvalue weighted by molar-refractivity contribution is 7.89. The summed E-state index contributed by atoms with van der Waals surface area (Å²) in [5.74, 6) is -2.04. The molecule has 0 saturated carbocycles. The normalized spacial score (nSPS) is 12.8. The predicted octanol–water partition coefficient (Wildman–Crippen LogP) is 4.06. The summed E-state index contributed by atoms with van der Waals surface area (Å²) in [6, 6.07) is 5.78. The van der Waals surface area contributed by atoms with Gasteiger partial charge in [-0.25, -0.2) is 17.8 Å². The van der Waals surface area contributed by atoms with Crippen LogP contribution in [0, 0.1) is 11.7 Å². The maximum atomic E-state index is 13.9. The van der Waals surface area contributed by atoms with Gasteiger partial charge in [-0.05, 0) is 29.5 Å². The van der Waals surface area contributed by atoms with Gasteiger partial charge in [-0.15, -0.1) is 11.3 Å². The van der Waals surface area contributed by atoms with Crippen LogP contribution >= 0.6 is 22.7 Å². The molecule has 0 saturated heterocycles. The highest BCUT2D eigenvalue weighted by atomic mass is 32.2. The van der Waals surface area contributed by atoms with Gasteiger partial charge in [-0.2, -0.15) is 16.1 Å². The number of aromatic nitrogens is 1. The Labute approximate surface area is 176 Å². The minimum atomic E-state index is -4.23. The third-order valence-corrected chi connectivity index (χ3v) is 7.11. The molecule has 0 aliphatic rings. The predicted molar refractivity (Wildman–Crippen MR) is 111 cm³/mol. The Morgan fingerprint density at radius 3 is 2.66 bits per heavy atom. The number of carbonyl (C=O) groups is 1. The highest BCUT2D eigenvalue weighted by Gasteiger charge is 2.31. The summed E-state index contributed by atoms with van der Waals surface area (Å²) >= 11 is 3.00. The number of thiazole rings is 1. The Morgan fingerprint density at radius 1 is 1.24 bits per heavy atom. The largest absolute Gasteiger partial charge is 0.458 e. The second-order valence-electron chi connectivity index (χ2n) is 6.54. The van der Waals surface area contributed by atoms with Crippen LogP contribution in [0.4, 0.5) is 4.39 Å². The molecule has 0 fully saturated rings. The zero-order chi connectivity index (χ0) is 21.0. The number of rotatable bonds is 8. The Hall–Kier alpha value is -2.14. The molecule has 2 aromatic heterocycles. The molecule has 0 spiro atoms. The molecule has 154 valence electrons. The van der Waals surface area contributed by atoms with E-state index in [2.05, 4.69) is 9.71 Å². The molecule has 1 atom stereocenters. The Morgan fingerprint density at radius 2 is 2.00 bits per heavy atom. The fourth-order valence-electron chi connectivity index (χ4n) is 2.48. The third kappa shape index (κ3) is 5.27. The van der Waals surface area contributed by atoms with Crippen molar-refractivity contribution in [2.24, 2.45) is 5.92 Å². The number of nitrogens with one attached hydrogen (secondary N) is 1. The van der Waals surface area contributed by atoms with E-state index in [0.717, 1.165) is 22.7 Å². The van der Waals surface area contributed by atoms with E-state index in [1.54, 1.807) is 30.6 Å². The smallest absolute Gasteiger partial charge is 0.324 e. The van der Waals surface area contributed by atoms with E-state index < -0.39 is 38.7 Å². The second-order valence-corrected chi connectivity index (χ2v) is 9.86. The average molecular weight is 455 g/mol. The molecular formula is C19H19FN2O4S3. The summed E-state index contributed by atoms with van der Waals surface area (Å²) in [4.78, 5) is 16.4. The Kier molecular flexibility index (Phi) is 6.78. The van der Waals surface area contributed by atoms with Crippen LogP contribution in [0.1, 0.15) is 19.5 Å². The molecule has 0 bridgehead atoms. The summed E-state index contributed by atoms with van der Waals surface area (Å²) in [5.41, 5.74) is 1.57. The van der Waals surface area contributed by atoms with Gasteiger partial charge in [0, 0.05) is 16.3 Å². The first-order valence-electron chi connectivity index (χ1n) is 8.68. The number of hydrogen-bond acceptors (Lipinski definition) is 7. The maximum Gasteiger partial charge on any atom is 0.324 e. The molecule has 0 unspecified atom stereocenters. The maximum absolute atomic E-state index is 13.9. The Bertz CT molecular complexity index is 1080. The minimum Gasteiger partial charge on any atom is -0.458 e. The van der Waals surface area contributed by atoms with Crippen LogP contribution in [-0.4, -0.2) is 25.4 Å². The van der Waals surface area contributed by atoms with Crippen LogP contribution in [0.5, 0.6) is 0 Å². The van der Waals surface area contributed by atoms with Gasteiger partial charge < -0.3 is 4.74 Å². The van der Waals surface area contributed by atoms with Crippen LogP contribution in [0.15, 0.2) is 51.4 Å². The topological polar surface area (TPSA) is 85.4 Å². The van der Waals surface area contributed by atoms with Gasteiger partial charge in [0.15, 0.2) is 0 Å². The number of thiophene rings is 1. The van der Waals surface area contributed by atoms with Crippen molar-refractivity contribution in [3.63, 3.8) is 0 Å². The van der Waals surface area contributed by atoms with Gasteiger partial charge in [0.2, 0.25) is 10.0 Å². The number of carbonyl (C=O) groups excluding carboxylic acids is 1. The number of benzene rings is 1. The van der Waals surface area contributed by atoms with E-state index in [1.807, 2.05) is 16.8 Å². The lowest BCUT2D eigenvalue weighted by atomic mass is 10.1. The molecule has 1 N–H and O–H groups in total. The van der Waals surface area contributed by atoms with Gasteiger partial charge >= 0.3 is 5.97 Å². The van der Waals surface area contributed by atoms with Crippen molar-refractivity contribution < 1.29 is 22.3 Å². The van der Waals surface area contributed by atoms with Gasteiger partial charge in [-0.3, -0.25) is 4.79 Å². The van der Waals surface area contributed by atoms with Crippen LogP contribution in [0.3, 0.4) is 0 Å². The van der Waals surface area contributed by atoms with Crippen LogP contribution in [0.25, 0.3) is 10.6 Å². The van der Waals surface area contributed by atoms with Crippen molar-refractivity contribution in [3.8, 4) is 10.6 Å². The summed E-state index contributed by atoms with van der Waals surface area (Å²) in [6.45, 7) is 3.27. The molecule has 1 aromatic carbocycles. The number of sulfonamides is 1. The van der Waals surface area contributed by atoms with Gasteiger partial charge in [-0.1, -0.05) is 26.0 Å². The number of hydrogen-bond donors (Lipinski definition) is 1. The molecule has 0 aliphatic heterocycles. The SMILES string of the molecule is CC(C)[C@H](NS(=O)(=O)c1ccccc1F)C(=O)OCc1csc(-c2ccsc2)n1. The van der Waals surface area contributed by atoms with Crippen molar-refractivity contribution in [2.45, 2.75) is 31.4 Å². The van der Waals surface area contributed by atoms with Gasteiger partial charge in [0.05, 0.1) is 5.69 Å². The number of esters is 1. The summed E-state index contributed by atoms with van der Waals surface area (Å²) in [6.07, 6.45) is 0. The zero-order valence-corrected chi connectivity index (χ0v) is 18.1. The van der Waals surface area contributed by atoms with Crippen molar-refractivity contribution in [2.75, 3.05) is 0 Å². The van der Waals surface area contributed by atoms with E-state index in [-0.39, 0.29) is 6.61 Å². The van der Waals surface area contributed by atoms with Gasteiger partial charge in [0.25, 0.3) is 0 Å². The second kappa shape index (κ2) is 9.12. The fourth-order valence-corrected chi connectivity index (χ4v) is 5.41. The molecule has 2 heterocycles. The van der Waals surface area contributed by atoms with E-state index in [0.29, 0.717) is 5.69 Å². The molecule has 0 radical (unpaired) electrons. The molecule has 3 rings (SSSR count). The average Bonchev–Trinajstić information content (AvgIpc) is 3.35. The van der Waals surface area contributed by atoms with Crippen molar-refractivity contribution >= 4 is 38.7 Å². The summed E-state index contributed by atoms with van der Waals surface area (Å²) < 4.78 is 46.4. The molecule has 0 aliphatic carbocycles. The Balaban J connectivity index is 1.68. The minimum absolute atomic E-state index is 0.0792. The van der Waals surface area contributed by atoms with E-state index in [1.165, 1.54) is 23.5 Å². The first-order chi connectivity index (χ1) is 13.8. The number of halogens is 1. The molecule has 0 amide bonds. The molecule has 6 nitrogen and oxygen atoms in total. The van der Waals surface area contributed by atoms with E-state index in [4.69, 9.17) is 4.74 Å². The fraction of sp³-hybridized carbons (Fsp3) is 0.263. The van der Waals surface area contributed by atoms with E-state index >= 15 is 0 Å². The monoisotopic (exact) mass is 454 g/mol. The molecule has 10 heteroatoms. The lowest BCUT2D eigenvalue weighted by Gasteiger charge is -2.20. The number of ether oxygens (including phenoxy) is 1. The van der Waals surface area contributed by atoms with Crippen molar-refractivity contribution in [1.82, 2.24) is 9.71 Å². The van der Waals surface area contributed by atoms with Crippen LogP contribution in [-0.2, 0) is 26.2 Å². The summed E-state index contributed by atoms with van der Waals surface area (Å²) in [7, 11) is -4.23.